The molecule has 19 heavy (non-hydrogen) atoms. The zero-order chi connectivity index (χ0) is 14.0. The van der Waals surface area contributed by atoms with Crippen LogP contribution < -0.4 is 0 Å². The quantitative estimate of drug-likeness (QED) is 0.628. The van der Waals surface area contributed by atoms with Gasteiger partial charge in [-0.15, -0.1) is 0 Å². The first-order valence-electron chi connectivity index (χ1n) is 5.82. The number of carbonyl (C=O) groups is 1. The number of benzene rings is 1. The minimum absolute atomic E-state index is 0.188. The third-order valence-electron chi connectivity index (χ3n) is 3.15. The fourth-order valence-corrected chi connectivity index (χ4v) is 2.51. The van der Waals surface area contributed by atoms with E-state index in [9.17, 15) is 13.6 Å². The molecule has 1 unspecified atom stereocenters. The molecule has 3 nitrogen and oxygen atoms in total. The van der Waals surface area contributed by atoms with Crippen molar-refractivity contribution in [3.8, 4) is 0 Å². The summed E-state index contributed by atoms with van der Waals surface area (Å²) in [5.41, 5.74) is 0.385. The first-order chi connectivity index (χ1) is 8.93. The highest BCUT2D eigenvalue weighted by Crippen LogP contribution is 2.43. The molecule has 1 fully saturated rings. The Morgan fingerprint density at radius 3 is 2.58 bits per heavy atom. The van der Waals surface area contributed by atoms with E-state index in [-0.39, 0.29) is 6.61 Å². The summed E-state index contributed by atoms with van der Waals surface area (Å²) < 4.78 is 37.1. The molecule has 6 heteroatoms. The molecule has 0 saturated carbocycles. The van der Waals surface area contributed by atoms with Crippen molar-refractivity contribution in [1.29, 1.82) is 0 Å². The van der Waals surface area contributed by atoms with E-state index in [2.05, 4.69) is 15.9 Å². The van der Waals surface area contributed by atoms with Crippen LogP contribution in [0.4, 0.5) is 8.78 Å². The second-order valence-electron chi connectivity index (χ2n) is 4.42. The molecule has 3 atom stereocenters. The van der Waals surface area contributed by atoms with E-state index in [1.165, 1.54) is 6.92 Å². The molecule has 1 aliphatic heterocycles. The second kappa shape index (κ2) is 5.54. The van der Waals surface area contributed by atoms with Gasteiger partial charge in [-0.2, -0.15) is 0 Å². The molecular weight excluding hydrogens is 322 g/mol. The zero-order valence-electron chi connectivity index (χ0n) is 10.2. The monoisotopic (exact) mass is 334 g/mol. The fourth-order valence-electron chi connectivity index (χ4n) is 1.82. The Hall–Kier alpha value is -1.01. The summed E-state index contributed by atoms with van der Waals surface area (Å²) in [6, 6.07) is 8.38. The first-order valence-corrected chi connectivity index (χ1v) is 6.74. The topological polar surface area (TPSA) is 35.5 Å². The van der Waals surface area contributed by atoms with Gasteiger partial charge < -0.3 is 9.47 Å². The van der Waals surface area contributed by atoms with Gasteiger partial charge in [0.15, 0.2) is 5.01 Å². The van der Waals surface area contributed by atoms with Gasteiger partial charge in [-0.3, -0.25) is 0 Å². The summed E-state index contributed by atoms with van der Waals surface area (Å²) in [7, 11) is 0. The number of halogens is 3. The highest BCUT2D eigenvalue weighted by Gasteiger charge is 2.55. The van der Waals surface area contributed by atoms with E-state index < -0.39 is 28.9 Å². The number of rotatable bonds is 3. The van der Waals surface area contributed by atoms with E-state index in [0.717, 1.165) is 0 Å². The van der Waals surface area contributed by atoms with Crippen LogP contribution in [0.1, 0.15) is 17.3 Å². The van der Waals surface area contributed by atoms with Crippen LogP contribution in [-0.2, 0) is 9.47 Å². The van der Waals surface area contributed by atoms with Crippen molar-refractivity contribution < 1.29 is 23.0 Å². The van der Waals surface area contributed by atoms with Gasteiger partial charge in [0.1, 0.15) is 12.7 Å². The number of carbonyl (C=O) groups excluding carboxylic acids is 1. The average molecular weight is 335 g/mol. The van der Waals surface area contributed by atoms with Gasteiger partial charge in [0.2, 0.25) is 0 Å². The Bertz CT molecular complexity index is 452. The number of alkyl halides is 3. The van der Waals surface area contributed by atoms with Gasteiger partial charge >= 0.3 is 5.97 Å². The van der Waals surface area contributed by atoms with E-state index >= 15 is 0 Å². The van der Waals surface area contributed by atoms with Crippen molar-refractivity contribution in [1.82, 2.24) is 0 Å². The second-order valence-corrected chi connectivity index (χ2v) is 5.25. The molecule has 0 aromatic heterocycles. The van der Waals surface area contributed by atoms with Gasteiger partial charge in [0.05, 0.1) is 11.5 Å². The molecule has 0 amide bonds. The molecular formula is C13H13BrF2O3. The van der Waals surface area contributed by atoms with Crippen LogP contribution in [0.25, 0.3) is 0 Å². The fraction of sp³-hybridized carbons (Fsp3) is 0.462. The third-order valence-corrected chi connectivity index (χ3v) is 3.98. The van der Waals surface area contributed by atoms with E-state index in [4.69, 9.17) is 9.47 Å². The van der Waals surface area contributed by atoms with Crippen molar-refractivity contribution in [2.75, 3.05) is 6.61 Å². The summed E-state index contributed by atoms with van der Waals surface area (Å²) in [6.45, 7) is 1.19. The number of ether oxygens (including phenoxy) is 2. The minimum atomic E-state index is -2.97. The SMILES string of the molecule is CC1[C@@H](COC(=O)c2ccccc2)O[C@H](Br)C1(F)F. The van der Waals surface area contributed by atoms with E-state index in [1.807, 2.05) is 0 Å². The molecule has 104 valence electrons. The smallest absolute Gasteiger partial charge is 0.338 e. The van der Waals surface area contributed by atoms with Crippen molar-refractivity contribution in [3.05, 3.63) is 35.9 Å². The maximum atomic E-state index is 13.5. The predicted molar refractivity (Wildman–Crippen MR) is 68.4 cm³/mol. The lowest BCUT2D eigenvalue weighted by atomic mass is 10.0. The summed E-state index contributed by atoms with van der Waals surface area (Å²) in [5.74, 6) is -4.53. The molecule has 1 aromatic rings. The normalized spacial score (nSPS) is 29.2. The maximum absolute atomic E-state index is 13.5. The van der Waals surface area contributed by atoms with Crippen LogP contribution in [0.5, 0.6) is 0 Å². The molecule has 1 heterocycles. The van der Waals surface area contributed by atoms with E-state index in [1.54, 1.807) is 30.3 Å². The van der Waals surface area contributed by atoms with Crippen molar-refractivity contribution in [2.45, 2.75) is 24.0 Å². The molecule has 0 aliphatic carbocycles. The van der Waals surface area contributed by atoms with E-state index in [0.29, 0.717) is 5.56 Å². The predicted octanol–water partition coefficient (Wildman–Crippen LogP) is 3.23. The highest BCUT2D eigenvalue weighted by atomic mass is 79.9. The molecule has 0 bridgehead atoms. The van der Waals surface area contributed by atoms with Gasteiger partial charge in [0.25, 0.3) is 5.92 Å². The van der Waals surface area contributed by atoms with Crippen molar-refractivity contribution in [3.63, 3.8) is 0 Å². The Labute approximate surface area is 118 Å². The van der Waals surface area contributed by atoms with Gasteiger partial charge in [-0.05, 0) is 12.1 Å². The number of hydrogen-bond acceptors (Lipinski definition) is 3. The molecule has 0 radical (unpaired) electrons. The van der Waals surface area contributed by atoms with Crippen LogP contribution in [0.2, 0.25) is 0 Å². The van der Waals surface area contributed by atoms with Crippen LogP contribution >= 0.6 is 15.9 Å². The number of hydrogen-bond donors (Lipinski definition) is 0. The van der Waals surface area contributed by atoms with Crippen molar-refractivity contribution >= 4 is 21.9 Å². The summed E-state index contributed by atoms with van der Waals surface area (Å²) in [4.78, 5) is 11.7. The third kappa shape index (κ3) is 2.95. The van der Waals surface area contributed by atoms with Gasteiger partial charge in [0, 0.05) is 0 Å². The lowest BCUT2D eigenvalue weighted by Crippen LogP contribution is -2.32. The maximum Gasteiger partial charge on any atom is 0.338 e. The minimum Gasteiger partial charge on any atom is -0.459 e. The Balaban J connectivity index is 1.92. The number of esters is 1. The average Bonchev–Trinajstić information content (AvgIpc) is 2.60. The Kier molecular flexibility index (Phi) is 4.20. The first kappa shape index (κ1) is 14.4. The van der Waals surface area contributed by atoms with Gasteiger partial charge in [-0.25, -0.2) is 13.6 Å². The molecule has 1 aliphatic rings. The largest absolute Gasteiger partial charge is 0.459 e. The summed E-state index contributed by atoms with van der Waals surface area (Å²) in [5, 5.41) is -1.34. The standard InChI is InChI=1S/C13H13BrF2O3/c1-8-10(19-12(14)13(8,15)16)7-18-11(17)9-5-3-2-4-6-9/h2-6,8,10,12H,7H2,1H3/t8?,10-,12+/m1/s1. The van der Waals surface area contributed by atoms with Gasteiger partial charge in [-0.1, -0.05) is 41.1 Å². The molecule has 1 saturated heterocycles. The molecule has 1 aromatic carbocycles. The molecule has 0 N–H and O–H groups in total. The van der Waals surface area contributed by atoms with Crippen molar-refractivity contribution in [2.24, 2.45) is 5.92 Å². The van der Waals surface area contributed by atoms with Crippen LogP contribution in [0.15, 0.2) is 30.3 Å². The zero-order valence-corrected chi connectivity index (χ0v) is 11.8. The molecule has 2 rings (SSSR count). The van der Waals surface area contributed by atoms with Crippen LogP contribution in [0, 0.1) is 5.92 Å². The summed E-state index contributed by atoms with van der Waals surface area (Å²) >= 11 is 2.78. The lowest BCUT2D eigenvalue weighted by molar-refractivity contribution is -0.0441. The Morgan fingerprint density at radius 2 is 2.05 bits per heavy atom. The summed E-state index contributed by atoms with van der Waals surface area (Å²) in [6.07, 6.45) is -0.813. The van der Waals surface area contributed by atoms with Crippen LogP contribution in [0.3, 0.4) is 0 Å². The highest BCUT2D eigenvalue weighted by molar-refractivity contribution is 9.09. The lowest BCUT2D eigenvalue weighted by Gasteiger charge is -2.17. The molecule has 0 spiro atoms. The van der Waals surface area contributed by atoms with Crippen LogP contribution in [-0.4, -0.2) is 29.6 Å². The Morgan fingerprint density at radius 1 is 1.42 bits per heavy atom.